The highest BCUT2D eigenvalue weighted by Gasteiger charge is 2.21. The number of nitrogens with zero attached hydrogens (tertiary/aromatic N) is 1. The number of nitrogens with two attached hydrogens (primary N) is 2. The summed E-state index contributed by atoms with van der Waals surface area (Å²) in [6.07, 6.45) is 1.78. The van der Waals surface area contributed by atoms with Crippen molar-refractivity contribution in [3.05, 3.63) is 42.0 Å². The Kier molecular flexibility index (Phi) is 5.24. The highest BCUT2D eigenvalue weighted by molar-refractivity contribution is 7.89. The SMILES string of the molecule is COc1ccc(S(N)(=O)=O)cc1NC(=O)CN1CCCc2c(N)cccc21. The number of anilines is 3. The molecular weight excluding hydrogens is 368 g/mol. The summed E-state index contributed by atoms with van der Waals surface area (Å²) in [7, 11) is -2.45. The highest BCUT2D eigenvalue weighted by atomic mass is 32.2. The molecule has 1 aliphatic heterocycles. The van der Waals surface area contributed by atoms with Gasteiger partial charge in [0.2, 0.25) is 15.9 Å². The average Bonchev–Trinajstić information content (AvgIpc) is 2.62. The molecule has 1 aliphatic rings. The summed E-state index contributed by atoms with van der Waals surface area (Å²) in [5.74, 6) is 0.0502. The third-order valence-corrected chi connectivity index (χ3v) is 5.40. The second-order valence-corrected chi connectivity index (χ2v) is 7.89. The summed E-state index contributed by atoms with van der Waals surface area (Å²) < 4.78 is 28.3. The number of nitrogens with one attached hydrogen (secondary N) is 1. The summed E-state index contributed by atoms with van der Waals surface area (Å²) in [6, 6.07) is 9.73. The van der Waals surface area contributed by atoms with Gasteiger partial charge in [0.05, 0.1) is 24.2 Å². The minimum atomic E-state index is -3.89. The van der Waals surface area contributed by atoms with Crippen LogP contribution in [-0.2, 0) is 21.2 Å². The van der Waals surface area contributed by atoms with Crippen LogP contribution in [0.4, 0.5) is 17.1 Å². The van der Waals surface area contributed by atoms with E-state index in [4.69, 9.17) is 15.6 Å². The van der Waals surface area contributed by atoms with Gasteiger partial charge < -0.3 is 20.7 Å². The van der Waals surface area contributed by atoms with Gasteiger partial charge in [-0.25, -0.2) is 13.6 Å². The maximum absolute atomic E-state index is 12.6. The van der Waals surface area contributed by atoms with Crippen LogP contribution in [0.1, 0.15) is 12.0 Å². The molecule has 2 aromatic rings. The number of carbonyl (C=O) groups is 1. The van der Waals surface area contributed by atoms with E-state index in [-0.39, 0.29) is 23.0 Å². The molecule has 0 unspecified atom stereocenters. The molecule has 0 saturated heterocycles. The zero-order valence-electron chi connectivity index (χ0n) is 14.9. The topological polar surface area (TPSA) is 128 Å². The van der Waals surface area contributed by atoms with Crippen LogP contribution in [0.25, 0.3) is 0 Å². The van der Waals surface area contributed by atoms with Crippen molar-refractivity contribution < 1.29 is 17.9 Å². The molecule has 5 N–H and O–H groups in total. The summed E-state index contributed by atoms with van der Waals surface area (Å²) in [5.41, 5.74) is 9.00. The second-order valence-electron chi connectivity index (χ2n) is 6.33. The van der Waals surface area contributed by atoms with Gasteiger partial charge in [0.1, 0.15) is 5.75 Å². The fourth-order valence-corrected chi connectivity index (χ4v) is 3.76. The van der Waals surface area contributed by atoms with Gasteiger partial charge >= 0.3 is 0 Å². The lowest BCUT2D eigenvalue weighted by Crippen LogP contribution is -2.37. The predicted molar refractivity (Wildman–Crippen MR) is 104 cm³/mol. The minimum absolute atomic E-state index is 0.102. The van der Waals surface area contributed by atoms with Gasteiger partial charge in [-0.1, -0.05) is 6.07 Å². The molecule has 8 nitrogen and oxygen atoms in total. The number of ether oxygens (including phenoxy) is 1. The number of amides is 1. The number of hydrogen-bond acceptors (Lipinski definition) is 6. The number of benzene rings is 2. The van der Waals surface area contributed by atoms with E-state index in [0.29, 0.717) is 5.75 Å². The Morgan fingerprint density at radius 3 is 2.78 bits per heavy atom. The first-order valence-electron chi connectivity index (χ1n) is 8.42. The molecule has 3 rings (SSSR count). The monoisotopic (exact) mass is 390 g/mol. The van der Waals surface area contributed by atoms with Gasteiger partial charge in [0.25, 0.3) is 0 Å². The van der Waals surface area contributed by atoms with Crippen LogP contribution in [0.2, 0.25) is 0 Å². The first kappa shape index (κ1) is 19.0. The van der Waals surface area contributed by atoms with Crippen molar-refractivity contribution in [2.24, 2.45) is 5.14 Å². The van der Waals surface area contributed by atoms with Crippen molar-refractivity contribution in [3.8, 4) is 5.75 Å². The molecule has 2 aromatic carbocycles. The van der Waals surface area contributed by atoms with E-state index in [1.807, 2.05) is 23.1 Å². The van der Waals surface area contributed by atoms with E-state index in [2.05, 4.69) is 5.32 Å². The molecule has 0 aromatic heterocycles. The average molecular weight is 390 g/mol. The standard InChI is InChI=1S/C18H22N4O4S/c1-26-17-8-7-12(27(20,24)25)10-15(17)21-18(23)11-22-9-3-4-13-14(19)5-2-6-16(13)22/h2,5-8,10H,3-4,9,11,19H2,1H3,(H,21,23)(H2,20,24,25). The van der Waals surface area contributed by atoms with E-state index in [9.17, 15) is 13.2 Å². The molecule has 0 saturated carbocycles. The summed E-state index contributed by atoms with van der Waals surface area (Å²) in [4.78, 5) is 14.4. The van der Waals surface area contributed by atoms with Gasteiger partial charge in [-0.3, -0.25) is 4.79 Å². The molecule has 0 aliphatic carbocycles. The van der Waals surface area contributed by atoms with Crippen LogP contribution < -0.4 is 25.8 Å². The van der Waals surface area contributed by atoms with E-state index in [1.165, 1.54) is 25.3 Å². The first-order chi connectivity index (χ1) is 12.8. The van der Waals surface area contributed by atoms with E-state index >= 15 is 0 Å². The summed E-state index contributed by atoms with van der Waals surface area (Å²) in [6.45, 7) is 0.845. The van der Waals surface area contributed by atoms with Crippen LogP contribution in [0, 0.1) is 0 Å². The molecule has 0 atom stereocenters. The smallest absolute Gasteiger partial charge is 0.243 e. The number of fused-ring (bicyclic) bond motifs is 1. The molecule has 0 fully saturated rings. The predicted octanol–water partition coefficient (Wildman–Crippen LogP) is 1.32. The van der Waals surface area contributed by atoms with Crippen LogP contribution in [0.3, 0.4) is 0 Å². The number of hydrogen-bond donors (Lipinski definition) is 3. The van der Waals surface area contributed by atoms with Crippen LogP contribution in [-0.4, -0.2) is 34.5 Å². The van der Waals surface area contributed by atoms with Gasteiger partial charge in [-0.05, 0) is 48.7 Å². The van der Waals surface area contributed by atoms with Crippen molar-refractivity contribution in [2.45, 2.75) is 17.7 Å². The lowest BCUT2D eigenvalue weighted by Gasteiger charge is -2.31. The van der Waals surface area contributed by atoms with Crippen LogP contribution in [0.5, 0.6) is 5.75 Å². The Morgan fingerprint density at radius 1 is 1.30 bits per heavy atom. The van der Waals surface area contributed by atoms with Gasteiger partial charge in [-0.15, -0.1) is 0 Å². The van der Waals surface area contributed by atoms with Crippen LogP contribution in [0.15, 0.2) is 41.3 Å². The normalized spacial score (nSPS) is 13.8. The van der Waals surface area contributed by atoms with Crippen LogP contribution >= 0.6 is 0 Å². The second kappa shape index (κ2) is 7.45. The van der Waals surface area contributed by atoms with Crippen molar-refractivity contribution in [2.75, 3.05) is 36.1 Å². The number of methoxy groups -OCH3 is 1. The lowest BCUT2D eigenvalue weighted by molar-refractivity contribution is -0.115. The van der Waals surface area contributed by atoms with Crippen molar-refractivity contribution in [3.63, 3.8) is 0 Å². The summed E-state index contributed by atoms with van der Waals surface area (Å²) in [5, 5.41) is 7.87. The third kappa shape index (κ3) is 4.15. The first-order valence-corrected chi connectivity index (χ1v) is 9.97. The molecule has 0 radical (unpaired) electrons. The highest BCUT2D eigenvalue weighted by Crippen LogP contribution is 2.31. The van der Waals surface area contributed by atoms with Crippen molar-refractivity contribution in [1.82, 2.24) is 0 Å². The number of nitrogen functional groups attached to an aromatic ring is 1. The zero-order valence-corrected chi connectivity index (χ0v) is 15.8. The Bertz CT molecular complexity index is 975. The minimum Gasteiger partial charge on any atom is -0.495 e. The molecule has 1 heterocycles. The number of sulfonamides is 1. The zero-order chi connectivity index (χ0) is 19.6. The summed E-state index contributed by atoms with van der Waals surface area (Å²) >= 11 is 0. The quantitative estimate of drug-likeness (QED) is 0.661. The maximum Gasteiger partial charge on any atom is 0.243 e. The molecule has 0 bridgehead atoms. The van der Waals surface area contributed by atoms with Gasteiger partial charge in [-0.2, -0.15) is 0 Å². The Hall–Kier alpha value is -2.78. The van der Waals surface area contributed by atoms with Crippen molar-refractivity contribution >= 4 is 33.0 Å². The van der Waals surface area contributed by atoms with Gasteiger partial charge in [0, 0.05) is 17.9 Å². The fourth-order valence-electron chi connectivity index (χ4n) is 3.22. The molecule has 144 valence electrons. The Morgan fingerprint density at radius 2 is 2.07 bits per heavy atom. The van der Waals surface area contributed by atoms with E-state index in [0.717, 1.165) is 36.3 Å². The lowest BCUT2D eigenvalue weighted by atomic mass is 10.00. The molecular formula is C18H22N4O4S. The Labute approximate surface area is 158 Å². The fraction of sp³-hybridized carbons (Fsp3) is 0.278. The number of carbonyl (C=O) groups excluding carboxylic acids is 1. The van der Waals surface area contributed by atoms with Crippen molar-refractivity contribution in [1.29, 1.82) is 0 Å². The van der Waals surface area contributed by atoms with E-state index in [1.54, 1.807) is 0 Å². The molecule has 1 amide bonds. The largest absolute Gasteiger partial charge is 0.495 e. The number of primary sulfonamides is 1. The third-order valence-electron chi connectivity index (χ3n) is 4.49. The van der Waals surface area contributed by atoms with E-state index < -0.39 is 10.0 Å². The number of rotatable bonds is 5. The molecule has 9 heteroatoms. The van der Waals surface area contributed by atoms with Gasteiger partial charge in [0.15, 0.2) is 0 Å². The maximum atomic E-state index is 12.6. The molecule has 27 heavy (non-hydrogen) atoms. The Balaban J connectivity index is 1.81. The molecule has 0 spiro atoms.